The summed E-state index contributed by atoms with van der Waals surface area (Å²) in [5.74, 6) is -0.0116. The van der Waals surface area contributed by atoms with E-state index >= 15 is 0 Å². The van der Waals surface area contributed by atoms with E-state index in [0.717, 1.165) is 16.8 Å². The number of hydrogen-bond donors (Lipinski definition) is 1. The van der Waals surface area contributed by atoms with Crippen LogP contribution in [-0.2, 0) is 0 Å². The van der Waals surface area contributed by atoms with Gasteiger partial charge in [-0.25, -0.2) is 4.39 Å². The summed E-state index contributed by atoms with van der Waals surface area (Å²) in [6, 6.07) is 12.1. The van der Waals surface area contributed by atoms with Crippen LogP contribution in [0.5, 0.6) is 5.75 Å². The van der Waals surface area contributed by atoms with Crippen LogP contribution in [0.25, 0.3) is 5.69 Å². The largest absolute Gasteiger partial charge is 0.488 e. The molecule has 0 radical (unpaired) electrons. The average molecular weight is 374 g/mol. The second kappa shape index (κ2) is 8.29. The Morgan fingerprint density at radius 3 is 2.81 bits per heavy atom. The highest BCUT2D eigenvalue weighted by Gasteiger charge is 2.14. The summed E-state index contributed by atoms with van der Waals surface area (Å²) in [4.78, 5) is 0. The van der Waals surface area contributed by atoms with E-state index in [0.29, 0.717) is 10.9 Å². The number of benzene rings is 2. The van der Waals surface area contributed by atoms with Crippen molar-refractivity contribution >= 4 is 11.8 Å². The van der Waals surface area contributed by atoms with Gasteiger partial charge in [0.2, 0.25) is 5.16 Å². The standard InChI is InChI=1S/C18H19FN4O2S/c1-12-7-8-16(13(2)9-12)23-18(20-21-22-23)26-11-14(24)10-25-17-6-4-3-5-15(17)19/h3-9,14,24H,10-11H2,1-2H3. The summed E-state index contributed by atoms with van der Waals surface area (Å²) in [6.07, 6.45) is -0.788. The molecule has 8 heteroatoms. The highest BCUT2D eigenvalue weighted by molar-refractivity contribution is 7.99. The molecule has 0 aliphatic carbocycles. The van der Waals surface area contributed by atoms with E-state index in [2.05, 4.69) is 21.6 Å². The zero-order chi connectivity index (χ0) is 18.5. The van der Waals surface area contributed by atoms with E-state index in [1.165, 1.54) is 23.9 Å². The van der Waals surface area contributed by atoms with Crippen LogP contribution in [0.4, 0.5) is 4.39 Å². The normalized spacial score (nSPS) is 12.2. The van der Waals surface area contributed by atoms with Gasteiger partial charge < -0.3 is 9.84 Å². The molecule has 1 aromatic heterocycles. The minimum atomic E-state index is -0.788. The number of para-hydroxylation sites is 1. The van der Waals surface area contributed by atoms with E-state index < -0.39 is 11.9 Å². The summed E-state index contributed by atoms with van der Waals surface area (Å²) in [5.41, 5.74) is 3.11. The Balaban J connectivity index is 1.60. The lowest BCUT2D eigenvalue weighted by molar-refractivity contribution is 0.123. The number of ether oxygens (including phenoxy) is 1. The van der Waals surface area contributed by atoms with Crippen LogP contribution in [0.1, 0.15) is 11.1 Å². The number of aliphatic hydroxyl groups excluding tert-OH is 1. The Hall–Kier alpha value is -2.45. The summed E-state index contributed by atoms with van der Waals surface area (Å²) >= 11 is 1.31. The third-order valence-corrected chi connectivity index (χ3v) is 4.76. The van der Waals surface area contributed by atoms with Gasteiger partial charge in [-0.2, -0.15) is 4.68 Å². The van der Waals surface area contributed by atoms with Crippen LogP contribution in [0.15, 0.2) is 47.6 Å². The van der Waals surface area contributed by atoms with Gasteiger partial charge in [0.15, 0.2) is 11.6 Å². The molecule has 6 nitrogen and oxygen atoms in total. The van der Waals surface area contributed by atoms with E-state index in [4.69, 9.17) is 4.74 Å². The minimum Gasteiger partial charge on any atom is -0.488 e. The number of aryl methyl sites for hydroxylation is 2. The summed E-state index contributed by atoms with van der Waals surface area (Å²) in [5, 5.41) is 22.4. The first-order chi connectivity index (χ1) is 12.5. The first-order valence-electron chi connectivity index (χ1n) is 8.09. The van der Waals surface area contributed by atoms with Crippen molar-refractivity contribution in [1.29, 1.82) is 0 Å². The molecular formula is C18H19FN4O2S. The molecule has 1 atom stereocenters. The van der Waals surface area contributed by atoms with Gasteiger partial charge in [0, 0.05) is 5.75 Å². The molecule has 0 bridgehead atoms. The molecule has 26 heavy (non-hydrogen) atoms. The number of aliphatic hydroxyl groups is 1. The molecule has 0 spiro atoms. The van der Waals surface area contributed by atoms with Gasteiger partial charge in [0.05, 0.1) is 11.8 Å². The van der Waals surface area contributed by atoms with Crippen LogP contribution >= 0.6 is 11.8 Å². The molecule has 0 aliphatic heterocycles. The Morgan fingerprint density at radius 1 is 1.23 bits per heavy atom. The molecule has 3 rings (SSSR count). The minimum absolute atomic E-state index is 0.0148. The average Bonchev–Trinajstić information content (AvgIpc) is 3.07. The summed E-state index contributed by atoms with van der Waals surface area (Å²) in [7, 11) is 0. The molecule has 136 valence electrons. The molecule has 1 unspecified atom stereocenters. The molecular weight excluding hydrogens is 355 g/mol. The first-order valence-corrected chi connectivity index (χ1v) is 9.07. The summed E-state index contributed by atoms with van der Waals surface area (Å²) in [6.45, 7) is 4.01. The number of halogens is 1. The van der Waals surface area contributed by atoms with E-state index in [-0.39, 0.29) is 12.4 Å². The lowest BCUT2D eigenvalue weighted by atomic mass is 10.1. The van der Waals surface area contributed by atoms with Crippen molar-refractivity contribution in [3.05, 3.63) is 59.4 Å². The topological polar surface area (TPSA) is 73.1 Å². The monoisotopic (exact) mass is 374 g/mol. The van der Waals surface area contributed by atoms with Gasteiger partial charge in [-0.05, 0) is 48.0 Å². The third-order valence-electron chi connectivity index (χ3n) is 3.69. The van der Waals surface area contributed by atoms with Crippen molar-refractivity contribution in [3.63, 3.8) is 0 Å². The van der Waals surface area contributed by atoms with Gasteiger partial charge in [-0.15, -0.1) is 5.10 Å². The molecule has 1 heterocycles. The Bertz CT molecular complexity index is 887. The maximum absolute atomic E-state index is 13.5. The molecule has 3 aromatic rings. The fourth-order valence-electron chi connectivity index (χ4n) is 2.43. The first kappa shape index (κ1) is 18.3. The molecule has 1 N–H and O–H groups in total. The van der Waals surface area contributed by atoms with Gasteiger partial charge in [-0.1, -0.05) is 41.6 Å². The lowest BCUT2D eigenvalue weighted by Gasteiger charge is -2.13. The van der Waals surface area contributed by atoms with Crippen molar-refractivity contribution < 1.29 is 14.2 Å². The third kappa shape index (κ3) is 4.39. The number of aromatic nitrogens is 4. The van der Waals surface area contributed by atoms with Crippen molar-refractivity contribution in [2.45, 2.75) is 25.1 Å². The lowest BCUT2D eigenvalue weighted by Crippen LogP contribution is -2.20. The molecule has 0 amide bonds. The number of hydrogen-bond acceptors (Lipinski definition) is 6. The second-order valence-corrected chi connectivity index (χ2v) is 6.86. The summed E-state index contributed by atoms with van der Waals surface area (Å²) < 4.78 is 20.5. The van der Waals surface area contributed by atoms with Crippen LogP contribution in [-0.4, -0.2) is 43.8 Å². The van der Waals surface area contributed by atoms with Crippen LogP contribution in [0.2, 0.25) is 0 Å². The maximum atomic E-state index is 13.5. The van der Waals surface area contributed by atoms with Crippen molar-refractivity contribution in [1.82, 2.24) is 20.2 Å². The van der Waals surface area contributed by atoms with E-state index in [1.807, 2.05) is 26.0 Å². The van der Waals surface area contributed by atoms with Crippen LogP contribution < -0.4 is 4.74 Å². The molecule has 2 aromatic carbocycles. The Morgan fingerprint density at radius 2 is 2.04 bits per heavy atom. The fourth-order valence-corrected chi connectivity index (χ4v) is 3.22. The number of thioether (sulfide) groups is 1. The van der Waals surface area contributed by atoms with Gasteiger partial charge >= 0.3 is 0 Å². The Labute approximate surface area is 155 Å². The van der Waals surface area contributed by atoms with Gasteiger partial charge in [0.1, 0.15) is 6.61 Å². The highest BCUT2D eigenvalue weighted by Crippen LogP contribution is 2.22. The predicted octanol–water partition coefficient (Wildman–Crippen LogP) is 2.95. The van der Waals surface area contributed by atoms with Crippen LogP contribution in [0.3, 0.4) is 0 Å². The van der Waals surface area contributed by atoms with Crippen molar-refractivity contribution in [2.75, 3.05) is 12.4 Å². The second-order valence-electron chi connectivity index (χ2n) is 5.87. The molecule has 0 saturated heterocycles. The van der Waals surface area contributed by atoms with Crippen LogP contribution in [0, 0.1) is 19.7 Å². The quantitative estimate of drug-likeness (QED) is 0.641. The fraction of sp³-hybridized carbons (Fsp3) is 0.278. The SMILES string of the molecule is Cc1ccc(-n2nnnc2SCC(O)COc2ccccc2F)c(C)c1. The van der Waals surface area contributed by atoms with Crippen molar-refractivity contribution in [2.24, 2.45) is 0 Å². The number of rotatable bonds is 7. The maximum Gasteiger partial charge on any atom is 0.214 e. The smallest absolute Gasteiger partial charge is 0.214 e. The number of tetrazole rings is 1. The van der Waals surface area contributed by atoms with Gasteiger partial charge in [-0.3, -0.25) is 0 Å². The Kier molecular flexibility index (Phi) is 5.85. The molecule has 0 aliphatic rings. The highest BCUT2D eigenvalue weighted by atomic mass is 32.2. The molecule has 0 fully saturated rings. The number of nitrogens with zero attached hydrogens (tertiary/aromatic N) is 4. The van der Waals surface area contributed by atoms with Gasteiger partial charge in [0.25, 0.3) is 0 Å². The zero-order valence-corrected chi connectivity index (χ0v) is 15.3. The molecule has 0 saturated carbocycles. The zero-order valence-electron chi connectivity index (χ0n) is 14.5. The predicted molar refractivity (Wildman–Crippen MR) is 97.3 cm³/mol. The van der Waals surface area contributed by atoms with E-state index in [9.17, 15) is 9.50 Å². The van der Waals surface area contributed by atoms with E-state index in [1.54, 1.807) is 16.8 Å². The van der Waals surface area contributed by atoms with Crippen molar-refractivity contribution in [3.8, 4) is 11.4 Å².